The third kappa shape index (κ3) is 5.30. The van der Waals surface area contributed by atoms with Gasteiger partial charge >= 0.3 is 5.97 Å². The van der Waals surface area contributed by atoms with Gasteiger partial charge < -0.3 is 16.2 Å². The standard InChI is InChI=1S/C11H13N3O4S/c1-6-13-7(5-19-6)2-3-10(16)14-8(11(17)18)4-9(12)15/h2-3,5,8H,4H2,1H3,(H2,12,15)(H,14,16)(H,17,18)/t8-/m0/s1. The number of nitrogens with two attached hydrogens (primary N) is 1. The van der Waals surface area contributed by atoms with Crippen molar-refractivity contribution < 1.29 is 19.5 Å². The van der Waals surface area contributed by atoms with Crippen LogP contribution in [0.3, 0.4) is 0 Å². The van der Waals surface area contributed by atoms with E-state index >= 15 is 0 Å². The molecule has 1 rings (SSSR count). The molecule has 4 N–H and O–H groups in total. The summed E-state index contributed by atoms with van der Waals surface area (Å²) >= 11 is 1.43. The first kappa shape index (κ1) is 14.8. The fourth-order valence-electron chi connectivity index (χ4n) is 1.24. The lowest BCUT2D eigenvalue weighted by molar-refractivity contribution is -0.142. The lowest BCUT2D eigenvalue weighted by Gasteiger charge is -2.10. The van der Waals surface area contributed by atoms with Gasteiger partial charge in [0.05, 0.1) is 17.1 Å². The number of nitrogens with zero attached hydrogens (tertiary/aromatic N) is 1. The van der Waals surface area contributed by atoms with E-state index < -0.39 is 30.2 Å². The maximum atomic E-state index is 11.5. The highest BCUT2D eigenvalue weighted by Crippen LogP contribution is 2.09. The van der Waals surface area contributed by atoms with Crippen LogP contribution < -0.4 is 11.1 Å². The number of rotatable bonds is 6. The van der Waals surface area contributed by atoms with E-state index in [9.17, 15) is 14.4 Å². The Labute approximate surface area is 113 Å². The monoisotopic (exact) mass is 283 g/mol. The molecule has 2 amide bonds. The zero-order valence-electron chi connectivity index (χ0n) is 10.1. The highest BCUT2D eigenvalue weighted by atomic mass is 32.1. The van der Waals surface area contributed by atoms with Gasteiger partial charge in [0.25, 0.3) is 0 Å². The molecule has 102 valence electrons. The molecular formula is C11H13N3O4S. The van der Waals surface area contributed by atoms with Crippen LogP contribution in [0.25, 0.3) is 6.08 Å². The van der Waals surface area contributed by atoms with E-state index in [2.05, 4.69) is 10.3 Å². The smallest absolute Gasteiger partial charge is 0.326 e. The summed E-state index contributed by atoms with van der Waals surface area (Å²) < 4.78 is 0. The molecule has 1 atom stereocenters. The minimum atomic E-state index is -1.33. The Bertz CT molecular complexity index is 524. The van der Waals surface area contributed by atoms with Gasteiger partial charge in [-0.3, -0.25) is 9.59 Å². The van der Waals surface area contributed by atoms with Crippen molar-refractivity contribution in [2.75, 3.05) is 0 Å². The van der Waals surface area contributed by atoms with Crippen molar-refractivity contribution in [2.45, 2.75) is 19.4 Å². The molecule has 1 heterocycles. The van der Waals surface area contributed by atoms with Crippen LogP contribution in [0.2, 0.25) is 0 Å². The van der Waals surface area contributed by atoms with E-state index in [0.717, 1.165) is 11.1 Å². The number of amides is 2. The number of carboxylic acid groups (broad SMARTS) is 1. The van der Waals surface area contributed by atoms with Crippen molar-refractivity contribution in [3.8, 4) is 0 Å². The molecule has 1 aromatic heterocycles. The summed E-state index contributed by atoms with van der Waals surface area (Å²) in [4.78, 5) is 37.0. The Kier molecular flexibility index (Phi) is 5.19. The molecular weight excluding hydrogens is 270 g/mol. The van der Waals surface area contributed by atoms with Gasteiger partial charge in [-0.2, -0.15) is 0 Å². The van der Waals surface area contributed by atoms with Crippen LogP contribution in [0.1, 0.15) is 17.1 Å². The molecule has 7 nitrogen and oxygen atoms in total. The molecule has 0 aliphatic heterocycles. The van der Waals surface area contributed by atoms with E-state index in [4.69, 9.17) is 10.8 Å². The van der Waals surface area contributed by atoms with Crippen LogP contribution in [0, 0.1) is 6.92 Å². The summed E-state index contributed by atoms with van der Waals surface area (Å²) in [6, 6.07) is -1.33. The predicted octanol–water partition coefficient (Wildman–Crippen LogP) is -0.0905. The number of carboxylic acids is 1. The van der Waals surface area contributed by atoms with Crippen molar-refractivity contribution >= 4 is 35.2 Å². The number of nitrogens with one attached hydrogen (secondary N) is 1. The van der Waals surface area contributed by atoms with Crippen molar-refractivity contribution in [2.24, 2.45) is 5.73 Å². The maximum absolute atomic E-state index is 11.5. The molecule has 0 radical (unpaired) electrons. The summed E-state index contributed by atoms with van der Waals surface area (Å²) in [7, 11) is 0. The molecule has 0 spiro atoms. The van der Waals surface area contributed by atoms with Gasteiger partial charge in [-0.05, 0) is 13.0 Å². The van der Waals surface area contributed by atoms with E-state index in [1.54, 1.807) is 5.38 Å². The number of aryl methyl sites for hydroxylation is 1. The van der Waals surface area contributed by atoms with Crippen LogP contribution >= 0.6 is 11.3 Å². The topological polar surface area (TPSA) is 122 Å². The summed E-state index contributed by atoms with van der Waals surface area (Å²) in [5, 5.41) is 13.6. The minimum Gasteiger partial charge on any atom is -0.480 e. The van der Waals surface area contributed by atoms with E-state index in [-0.39, 0.29) is 0 Å². The number of hydrogen-bond acceptors (Lipinski definition) is 5. The van der Waals surface area contributed by atoms with Gasteiger partial charge in [0.15, 0.2) is 0 Å². The maximum Gasteiger partial charge on any atom is 0.326 e. The first-order chi connectivity index (χ1) is 8.88. The Hall–Kier alpha value is -2.22. The lowest BCUT2D eigenvalue weighted by atomic mass is 10.2. The molecule has 8 heteroatoms. The molecule has 0 fully saturated rings. The number of aliphatic carboxylic acids is 1. The van der Waals surface area contributed by atoms with E-state index in [0.29, 0.717) is 5.69 Å². The summed E-state index contributed by atoms with van der Waals surface area (Å²) in [6.45, 7) is 1.83. The molecule has 0 saturated carbocycles. The fourth-order valence-corrected chi connectivity index (χ4v) is 1.82. The Morgan fingerprint density at radius 1 is 1.58 bits per heavy atom. The first-order valence-electron chi connectivity index (χ1n) is 5.30. The van der Waals surface area contributed by atoms with Gasteiger partial charge in [-0.1, -0.05) is 0 Å². The van der Waals surface area contributed by atoms with Gasteiger partial charge in [-0.25, -0.2) is 9.78 Å². The Balaban J connectivity index is 2.60. The average molecular weight is 283 g/mol. The van der Waals surface area contributed by atoms with Crippen LogP contribution in [0.15, 0.2) is 11.5 Å². The number of carbonyl (C=O) groups is 3. The zero-order chi connectivity index (χ0) is 14.4. The third-order valence-electron chi connectivity index (χ3n) is 2.06. The second kappa shape index (κ2) is 6.64. The molecule has 0 aromatic carbocycles. The quantitative estimate of drug-likeness (QED) is 0.630. The molecule has 0 unspecified atom stereocenters. The minimum absolute atomic E-state index is 0.454. The van der Waals surface area contributed by atoms with E-state index in [1.807, 2.05) is 6.92 Å². The number of carbonyl (C=O) groups excluding carboxylic acids is 2. The molecule has 0 aliphatic rings. The second-order valence-corrected chi connectivity index (χ2v) is 4.76. The van der Waals surface area contributed by atoms with Gasteiger partial charge in [0.1, 0.15) is 6.04 Å². The zero-order valence-corrected chi connectivity index (χ0v) is 10.9. The van der Waals surface area contributed by atoms with Crippen molar-refractivity contribution in [3.63, 3.8) is 0 Å². The van der Waals surface area contributed by atoms with Gasteiger partial charge in [-0.15, -0.1) is 11.3 Å². The summed E-state index contributed by atoms with van der Waals surface area (Å²) in [5.74, 6) is -2.74. The molecule has 0 aliphatic carbocycles. The van der Waals surface area contributed by atoms with Crippen molar-refractivity contribution in [1.29, 1.82) is 0 Å². The van der Waals surface area contributed by atoms with Crippen LogP contribution in [0.4, 0.5) is 0 Å². The summed E-state index contributed by atoms with van der Waals surface area (Å²) in [6.07, 6.45) is 2.16. The van der Waals surface area contributed by atoms with Crippen molar-refractivity contribution in [3.05, 3.63) is 22.2 Å². The Morgan fingerprint density at radius 2 is 2.26 bits per heavy atom. The van der Waals surface area contributed by atoms with Crippen LogP contribution in [-0.2, 0) is 14.4 Å². The van der Waals surface area contributed by atoms with Crippen LogP contribution in [0.5, 0.6) is 0 Å². The highest BCUT2D eigenvalue weighted by Gasteiger charge is 2.20. The largest absolute Gasteiger partial charge is 0.480 e. The third-order valence-corrected chi connectivity index (χ3v) is 2.85. The molecule has 19 heavy (non-hydrogen) atoms. The fraction of sp³-hybridized carbons (Fsp3) is 0.273. The molecule has 1 aromatic rings. The van der Waals surface area contributed by atoms with Gasteiger partial charge in [0, 0.05) is 11.5 Å². The first-order valence-corrected chi connectivity index (χ1v) is 6.18. The van der Waals surface area contributed by atoms with Crippen molar-refractivity contribution in [1.82, 2.24) is 10.3 Å². The molecule has 0 bridgehead atoms. The number of aromatic nitrogens is 1. The predicted molar refractivity (Wildman–Crippen MR) is 69.3 cm³/mol. The second-order valence-electron chi connectivity index (χ2n) is 3.69. The highest BCUT2D eigenvalue weighted by molar-refractivity contribution is 7.09. The molecule has 0 saturated heterocycles. The lowest BCUT2D eigenvalue weighted by Crippen LogP contribution is -2.42. The number of thiazole rings is 1. The van der Waals surface area contributed by atoms with Gasteiger partial charge in [0.2, 0.25) is 11.8 Å². The van der Waals surface area contributed by atoms with Crippen LogP contribution in [-0.4, -0.2) is 33.9 Å². The number of hydrogen-bond donors (Lipinski definition) is 3. The summed E-state index contributed by atoms with van der Waals surface area (Å²) in [5.41, 5.74) is 5.51. The average Bonchev–Trinajstić information content (AvgIpc) is 2.71. The SMILES string of the molecule is Cc1nc(C=CC(=O)N[C@@H](CC(N)=O)C(=O)O)cs1. The Morgan fingerprint density at radius 3 is 2.74 bits per heavy atom. The normalized spacial score (nSPS) is 12.3. The van der Waals surface area contributed by atoms with E-state index in [1.165, 1.54) is 17.4 Å². The number of primary amides is 1.